The van der Waals surface area contributed by atoms with Gasteiger partial charge in [0.25, 0.3) is 0 Å². The van der Waals surface area contributed by atoms with Crippen molar-refractivity contribution >= 4 is 11.9 Å². The average Bonchev–Trinajstić information content (AvgIpc) is 3.21. The summed E-state index contributed by atoms with van der Waals surface area (Å²) in [5.74, 6) is -0.230. The Morgan fingerprint density at radius 3 is 2.55 bits per heavy atom. The second-order valence-electron chi connectivity index (χ2n) is 7.48. The van der Waals surface area contributed by atoms with Gasteiger partial charge in [0.15, 0.2) is 11.6 Å². The summed E-state index contributed by atoms with van der Waals surface area (Å²) in [6, 6.07) is 13.0. The lowest BCUT2D eigenvalue weighted by Crippen LogP contribution is -2.41. The lowest BCUT2D eigenvalue weighted by atomic mass is 10.1. The molecule has 1 heterocycles. The number of hydrogen-bond acceptors (Lipinski definition) is 5. The Morgan fingerprint density at radius 1 is 1.13 bits per heavy atom. The van der Waals surface area contributed by atoms with Gasteiger partial charge in [-0.25, -0.2) is 9.18 Å². The summed E-state index contributed by atoms with van der Waals surface area (Å²) in [7, 11) is 1.29. The summed E-state index contributed by atoms with van der Waals surface area (Å²) in [4.78, 5) is 26.6. The summed E-state index contributed by atoms with van der Waals surface area (Å²) in [5, 5.41) is 0. The van der Waals surface area contributed by atoms with E-state index in [4.69, 9.17) is 14.2 Å². The first-order valence-electron chi connectivity index (χ1n) is 10.5. The van der Waals surface area contributed by atoms with Crippen LogP contribution in [0.5, 0.6) is 11.5 Å². The molecule has 0 radical (unpaired) electrons. The topological polar surface area (TPSA) is 65.1 Å². The SMILES string of the molecule is CCCOc1ccc(CCC(=O)N2CC(Oc3ccccc3F)CC2C(=O)OC)cc1. The van der Waals surface area contributed by atoms with Crippen molar-refractivity contribution in [2.75, 3.05) is 20.3 Å². The number of rotatable bonds is 9. The minimum absolute atomic E-state index is 0.107. The molecule has 7 heteroatoms. The van der Waals surface area contributed by atoms with Crippen molar-refractivity contribution in [3.8, 4) is 11.5 Å². The molecule has 1 aliphatic rings. The third-order valence-electron chi connectivity index (χ3n) is 5.21. The van der Waals surface area contributed by atoms with Crippen molar-refractivity contribution < 1.29 is 28.2 Å². The first kappa shape index (κ1) is 22.6. The molecule has 1 fully saturated rings. The molecule has 0 aromatic heterocycles. The highest BCUT2D eigenvalue weighted by Gasteiger charge is 2.41. The zero-order chi connectivity index (χ0) is 22.2. The van der Waals surface area contributed by atoms with Crippen LogP contribution in [0.2, 0.25) is 0 Å². The molecule has 2 atom stereocenters. The maximum absolute atomic E-state index is 13.9. The van der Waals surface area contributed by atoms with E-state index in [9.17, 15) is 14.0 Å². The Kier molecular flexibility index (Phi) is 7.87. The molecule has 1 aliphatic heterocycles. The van der Waals surface area contributed by atoms with Crippen LogP contribution in [0, 0.1) is 5.82 Å². The molecular formula is C24H28FNO5. The number of methoxy groups -OCH3 is 1. The molecule has 166 valence electrons. The van der Waals surface area contributed by atoms with Gasteiger partial charge < -0.3 is 19.1 Å². The van der Waals surface area contributed by atoms with E-state index in [1.165, 1.54) is 24.1 Å². The largest absolute Gasteiger partial charge is 0.494 e. The minimum atomic E-state index is -0.737. The van der Waals surface area contributed by atoms with Crippen LogP contribution < -0.4 is 9.47 Å². The van der Waals surface area contributed by atoms with Gasteiger partial charge in [0.2, 0.25) is 5.91 Å². The number of benzene rings is 2. The number of aryl methyl sites for hydroxylation is 1. The molecule has 3 rings (SSSR count). The van der Waals surface area contributed by atoms with Crippen molar-refractivity contribution in [2.24, 2.45) is 0 Å². The van der Waals surface area contributed by atoms with Gasteiger partial charge in [-0.15, -0.1) is 0 Å². The average molecular weight is 429 g/mol. The first-order valence-corrected chi connectivity index (χ1v) is 10.5. The lowest BCUT2D eigenvalue weighted by molar-refractivity contribution is -0.150. The third-order valence-corrected chi connectivity index (χ3v) is 5.21. The third kappa shape index (κ3) is 5.96. The van der Waals surface area contributed by atoms with Crippen molar-refractivity contribution in [3.63, 3.8) is 0 Å². The Morgan fingerprint density at radius 2 is 1.87 bits per heavy atom. The fourth-order valence-corrected chi connectivity index (χ4v) is 3.60. The van der Waals surface area contributed by atoms with Gasteiger partial charge in [-0.05, 0) is 42.7 Å². The Balaban J connectivity index is 1.60. The molecule has 2 aromatic rings. The minimum Gasteiger partial charge on any atom is -0.494 e. The summed E-state index contributed by atoms with van der Waals surface area (Å²) in [6.45, 7) is 2.92. The highest BCUT2D eigenvalue weighted by Crippen LogP contribution is 2.26. The van der Waals surface area contributed by atoms with E-state index in [1.54, 1.807) is 12.1 Å². The molecule has 0 saturated carbocycles. The molecule has 0 aliphatic carbocycles. The zero-order valence-corrected chi connectivity index (χ0v) is 17.9. The number of ether oxygens (including phenoxy) is 3. The van der Waals surface area contributed by atoms with Gasteiger partial charge in [0.05, 0.1) is 20.3 Å². The molecule has 0 bridgehead atoms. The normalized spacial score (nSPS) is 18.0. The molecule has 1 saturated heterocycles. The van der Waals surface area contributed by atoms with E-state index in [0.717, 1.165) is 17.7 Å². The quantitative estimate of drug-likeness (QED) is 0.568. The number of nitrogens with zero attached hydrogens (tertiary/aromatic N) is 1. The van der Waals surface area contributed by atoms with Gasteiger partial charge >= 0.3 is 5.97 Å². The maximum atomic E-state index is 13.9. The summed E-state index contributed by atoms with van der Waals surface area (Å²) < 4.78 is 30.1. The summed E-state index contributed by atoms with van der Waals surface area (Å²) in [6.07, 6.45) is 1.50. The molecule has 0 spiro atoms. The van der Waals surface area contributed by atoms with E-state index >= 15 is 0 Å². The highest BCUT2D eigenvalue weighted by atomic mass is 19.1. The highest BCUT2D eigenvalue weighted by molar-refractivity contribution is 5.85. The molecular weight excluding hydrogens is 401 g/mol. The Hall–Kier alpha value is -3.09. The van der Waals surface area contributed by atoms with Crippen LogP contribution >= 0.6 is 0 Å². The fraction of sp³-hybridized carbons (Fsp3) is 0.417. The van der Waals surface area contributed by atoms with Gasteiger partial charge in [0.1, 0.15) is 17.9 Å². The molecule has 6 nitrogen and oxygen atoms in total. The maximum Gasteiger partial charge on any atom is 0.328 e. The summed E-state index contributed by atoms with van der Waals surface area (Å²) in [5.41, 5.74) is 1.00. The fourth-order valence-electron chi connectivity index (χ4n) is 3.60. The first-order chi connectivity index (χ1) is 15.0. The molecule has 31 heavy (non-hydrogen) atoms. The molecule has 2 unspecified atom stereocenters. The number of carbonyl (C=O) groups excluding carboxylic acids is 2. The molecule has 2 aromatic carbocycles. The van der Waals surface area contributed by atoms with Crippen LogP contribution in [0.3, 0.4) is 0 Å². The van der Waals surface area contributed by atoms with E-state index in [0.29, 0.717) is 13.0 Å². The number of carbonyl (C=O) groups is 2. The predicted molar refractivity (Wildman–Crippen MR) is 113 cm³/mol. The number of para-hydroxylation sites is 1. The Labute approximate surface area is 181 Å². The predicted octanol–water partition coefficient (Wildman–Crippen LogP) is 3.77. The zero-order valence-electron chi connectivity index (χ0n) is 17.9. The van der Waals surface area contributed by atoms with Crippen LogP contribution in [0.25, 0.3) is 0 Å². The van der Waals surface area contributed by atoms with Crippen molar-refractivity contribution in [3.05, 3.63) is 59.9 Å². The summed E-state index contributed by atoms with van der Waals surface area (Å²) >= 11 is 0. The van der Waals surface area contributed by atoms with Crippen LogP contribution in [0.1, 0.15) is 31.7 Å². The van der Waals surface area contributed by atoms with E-state index < -0.39 is 23.9 Å². The monoisotopic (exact) mass is 429 g/mol. The van der Waals surface area contributed by atoms with Gasteiger partial charge in [-0.3, -0.25) is 4.79 Å². The van der Waals surface area contributed by atoms with E-state index in [-0.39, 0.29) is 31.0 Å². The number of hydrogen-bond donors (Lipinski definition) is 0. The van der Waals surface area contributed by atoms with Crippen LogP contribution in [0.15, 0.2) is 48.5 Å². The smallest absolute Gasteiger partial charge is 0.328 e. The lowest BCUT2D eigenvalue weighted by Gasteiger charge is -2.22. The van der Waals surface area contributed by atoms with E-state index in [1.807, 2.05) is 31.2 Å². The van der Waals surface area contributed by atoms with Crippen LogP contribution in [-0.4, -0.2) is 49.2 Å². The van der Waals surface area contributed by atoms with Gasteiger partial charge in [-0.1, -0.05) is 31.2 Å². The second kappa shape index (κ2) is 10.8. The van der Waals surface area contributed by atoms with Crippen molar-refractivity contribution in [1.29, 1.82) is 0 Å². The van der Waals surface area contributed by atoms with Crippen molar-refractivity contribution in [2.45, 2.75) is 44.8 Å². The van der Waals surface area contributed by atoms with Gasteiger partial charge in [0, 0.05) is 12.8 Å². The van der Waals surface area contributed by atoms with Gasteiger partial charge in [-0.2, -0.15) is 0 Å². The molecule has 0 N–H and O–H groups in total. The number of amides is 1. The number of likely N-dealkylation sites (tertiary alicyclic amines) is 1. The number of esters is 1. The van der Waals surface area contributed by atoms with Crippen molar-refractivity contribution in [1.82, 2.24) is 4.90 Å². The molecule has 1 amide bonds. The standard InChI is InChI=1S/C24H28FNO5/c1-3-14-30-18-11-8-17(9-12-18)10-13-23(27)26-16-19(15-21(26)24(28)29-2)31-22-7-5-4-6-20(22)25/h4-9,11-12,19,21H,3,10,13-16H2,1-2H3. The van der Waals surface area contributed by atoms with E-state index in [2.05, 4.69) is 0 Å². The Bertz CT molecular complexity index is 886. The van der Waals surface area contributed by atoms with Crippen LogP contribution in [-0.2, 0) is 20.7 Å². The second-order valence-corrected chi connectivity index (χ2v) is 7.48. The van der Waals surface area contributed by atoms with Crippen LogP contribution in [0.4, 0.5) is 4.39 Å². The number of halogens is 1.